The highest BCUT2D eigenvalue weighted by Gasteiger charge is 2.21. The van der Waals surface area contributed by atoms with Crippen LogP contribution < -0.4 is 5.32 Å². The molecule has 2 heteroatoms. The fourth-order valence-electron chi connectivity index (χ4n) is 3.70. The van der Waals surface area contributed by atoms with E-state index >= 15 is 0 Å². The third kappa shape index (κ3) is 4.82. The highest BCUT2D eigenvalue weighted by Crippen LogP contribution is 2.24. The van der Waals surface area contributed by atoms with Gasteiger partial charge in [-0.3, -0.25) is 0 Å². The Morgan fingerprint density at radius 3 is 2.29 bits per heavy atom. The summed E-state index contributed by atoms with van der Waals surface area (Å²) in [6, 6.07) is 8.17. The van der Waals surface area contributed by atoms with Crippen molar-refractivity contribution in [1.82, 2.24) is 10.2 Å². The molecule has 21 heavy (non-hydrogen) atoms. The van der Waals surface area contributed by atoms with E-state index in [9.17, 15) is 0 Å². The van der Waals surface area contributed by atoms with E-state index in [0.29, 0.717) is 6.04 Å². The number of hydrogen-bond acceptors (Lipinski definition) is 2. The summed E-state index contributed by atoms with van der Waals surface area (Å²) in [4.78, 5) is 2.59. The Morgan fingerprint density at radius 1 is 1.10 bits per heavy atom. The number of benzene rings is 1. The van der Waals surface area contributed by atoms with Gasteiger partial charge in [0.25, 0.3) is 0 Å². The van der Waals surface area contributed by atoms with E-state index < -0.39 is 0 Å². The van der Waals surface area contributed by atoms with Crippen LogP contribution in [-0.4, -0.2) is 31.1 Å². The zero-order valence-electron chi connectivity index (χ0n) is 14.3. The van der Waals surface area contributed by atoms with Crippen molar-refractivity contribution >= 4 is 0 Å². The van der Waals surface area contributed by atoms with E-state index in [2.05, 4.69) is 56.2 Å². The smallest absolute Gasteiger partial charge is 0.0449 e. The summed E-state index contributed by atoms with van der Waals surface area (Å²) in [5.74, 6) is 0. The third-order valence-corrected chi connectivity index (χ3v) is 4.77. The first kappa shape index (κ1) is 16.5. The van der Waals surface area contributed by atoms with Gasteiger partial charge in [-0.15, -0.1) is 0 Å². The Labute approximate surface area is 130 Å². The highest BCUT2D eigenvalue weighted by atomic mass is 15.2. The maximum absolute atomic E-state index is 3.68. The summed E-state index contributed by atoms with van der Waals surface area (Å²) >= 11 is 0. The fourth-order valence-corrected chi connectivity index (χ4v) is 3.70. The molecule has 0 aromatic heterocycles. The molecule has 0 heterocycles. The van der Waals surface area contributed by atoms with Crippen LogP contribution in [0.1, 0.15) is 61.8 Å². The summed E-state index contributed by atoms with van der Waals surface area (Å²) in [7, 11) is 2.31. The molecule has 1 atom stereocenters. The average molecular weight is 288 g/mol. The van der Waals surface area contributed by atoms with Gasteiger partial charge in [-0.25, -0.2) is 0 Å². The van der Waals surface area contributed by atoms with Crippen LogP contribution >= 0.6 is 0 Å². The fraction of sp³-hybridized carbons (Fsp3) is 0.684. The van der Waals surface area contributed by atoms with Gasteiger partial charge in [-0.1, -0.05) is 55.5 Å². The van der Waals surface area contributed by atoms with E-state index in [0.717, 1.165) is 19.1 Å². The summed E-state index contributed by atoms with van der Waals surface area (Å²) in [5, 5.41) is 3.68. The molecule has 1 N–H and O–H groups in total. The number of hydrogen-bond donors (Lipinski definition) is 1. The predicted molar refractivity (Wildman–Crippen MR) is 91.8 cm³/mol. The molecular formula is C19H32N2. The van der Waals surface area contributed by atoms with Crippen LogP contribution in [0.5, 0.6) is 0 Å². The standard InChI is InChI=1S/C19H32N2/c1-5-20-19(17-12-15(2)11-16(3)13-17)14-21(4)18-9-7-6-8-10-18/h11-13,18-20H,5-10,14H2,1-4H3. The molecule has 0 saturated heterocycles. The van der Waals surface area contributed by atoms with Crippen LogP contribution in [0.4, 0.5) is 0 Å². The summed E-state index contributed by atoms with van der Waals surface area (Å²) in [6.07, 6.45) is 7.00. The normalized spacial score (nSPS) is 18.1. The molecule has 2 nitrogen and oxygen atoms in total. The van der Waals surface area contributed by atoms with Crippen molar-refractivity contribution in [1.29, 1.82) is 0 Å². The van der Waals surface area contributed by atoms with Crippen molar-refractivity contribution in [3.05, 3.63) is 34.9 Å². The van der Waals surface area contributed by atoms with Gasteiger partial charge in [0.05, 0.1) is 0 Å². The second-order valence-corrected chi connectivity index (χ2v) is 6.76. The van der Waals surface area contributed by atoms with Gasteiger partial charge in [0.15, 0.2) is 0 Å². The Kier molecular flexibility index (Phi) is 6.25. The minimum atomic E-state index is 0.445. The zero-order valence-corrected chi connectivity index (χ0v) is 14.3. The molecule has 1 aromatic rings. The zero-order chi connectivity index (χ0) is 15.2. The minimum absolute atomic E-state index is 0.445. The molecule has 118 valence electrons. The molecule has 0 amide bonds. The maximum Gasteiger partial charge on any atom is 0.0449 e. The van der Waals surface area contributed by atoms with Crippen LogP contribution in [0.2, 0.25) is 0 Å². The maximum atomic E-state index is 3.68. The van der Waals surface area contributed by atoms with E-state index in [1.165, 1.54) is 48.8 Å². The van der Waals surface area contributed by atoms with Crippen molar-refractivity contribution in [3.63, 3.8) is 0 Å². The highest BCUT2D eigenvalue weighted by molar-refractivity contribution is 5.31. The number of aryl methyl sites for hydroxylation is 2. The molecule has 1 aliphatic rings. The molecule has 0 spiro atoms. The van der Waals surface area contributed by atoms with Crippen molar-refractivity contribution in [3.8, 4) is 0 Å². The van der Waals surface area contributed by atoms with E-state index in [-0.39, 0.29) is 0 Å². The largest absolute Gasteiger partial charge is 0.309 e. The van der Waals surface area contributed by atoms with Gasteiger partial charge >= 0.3 is 0 Å². The molecule has 0 aliphatic heterocycles. The molecule has 1 fully saturated rings. The molecule has 1 unspecified atom stereocenters. The molecule has 1 saturated carbocycles. The lowest BCUT2D eigenvalue weighted by Crippen LogP contribution is -2.40. The third-order valence-electron chi connectivity index (χ3n) is 4.77. The number of nitrogens with one attached hydrogen (secondary N) is 1. The van der Waals surface area contributed by atoms with Crippen LogP contribution in [0.15, 0.2) is 18.2 Å². The van der Waals surface area contributed by atoms with Gasteiger partial charge in [0.2, 0.25) is 0 Å². The first-order chi connectivity index (χ1) is 10.1. The van der Waals surface area contributed by atoms with Crippen molar-refractivity contribution < 1.29 is 0 Å². The first-order valence-corrected chi connectivity index (χ1v) is 8.62. The average Bonchev–Trinajstić information content (AvgIpc) is 2.46. The van der Waals surface area contributed by atoms with Crippen molar-refractivity contribution in [2.24, 2.45) is 0 Å². The number of rotatable bonds is 6. The summed E-state index contributed by atoms with van der Waals surface area (Å²) in [6.45, 7) is 8.74. The lowest BCUT2D eigenvalue weighted by Gasteiger charge is -2.34. The Hall–Kier alpha value is -0.860. The lowest BCUT2D eigenvalue weighted by molar-refractivity contribution is 0.175. The molecule has 1 aromatic carbocycles. The molecule has 2 rings (SSSR count). The molecule has 0 radical (unpaired) electrons. The van der Waals surface area contributed by atoms with Crippen LogP contribution in [0.25, 0.3) is 0 Å². The minimum Gasteiger partial charge on any atom is -0.309 e. The SMILES string of the molecule is CCNC(CN(C)C1CCCCC1)c1cc(C)cc(C)c1. The van der Waals surface area contributed by atoms with Gasteiger partial charge in [-0.05, 0) is 45.8 Å². The van der Waals surface area contributed by atoms with Gasteiger partial charge in [0, 0.05) is 18.6 Å². The van der Waals surface area contributed by atoms with Gasteiger partial charge in [0.1, 0.15) is 0 Å². The van der Waals surface area contributed by atoms with E-state index in [4.69, 9.17) is 0 Å². The van der Waals surface area contributed by atoms with E-state index in [1.54, 1.807) is 0 Å². The summed E-state index contributed by atoms with van der Waals surface area (Å²) < 4.78 is 0. The van der Waals surface area contributed by atoms with Crippen molar-refractivity contribution in [2.45, 2.75) is 65.0 Å². The van der Waals surface area contributed by atoms with Gasteiger partial charge < -0.3 is 10.2 Å². The lowest BCUT2D eigenvalue weighted by atomic mass is 9.93. The first-order valence-electron chi connectivity index (χ1n) is 8.62. The quantitative estimate of drug-likeness (QED) is 0.843. The second-order valence-electron chi connectivity index (χ2n) is 6.76. The van der Waals surface area contributed by atoms with Crippen LogP contribution in [0.3, 0.4) is 0 Å². The predicted octanol–water partition coefficient (Wildman–Crippen LogP) is 4.22. The Morgan fingerprint density at radius 2 is 1.71 bits per heavy atom. The molecule has 0 bridgehead atoms. The number of nitrogens with zero attached hydrogens (tertiary/aromatic N) is 1. The summed E-state index contributed by atoms with van der Waals surface area (Å²) in [5.41, 5.74) is 4.18. The molecule has 1 aliphatic carbocycles. The topological polar surface area (TPSA) is 15.3 Å². The van der Waals surface area contributed by atoms with Crippen LogP contribution in [0, 0.1) is 13.8 Å². The van der Waals surface area contributed by atoms with Gasteiger partial charge in [-0.2, -0.15) is 0 Å². The Bertz CT molecular complexity index is 415. The van der Waals surface area contributed by atoms with E-state index in [1.807, 2.05) is 0 Å². The second kappa shape index (κ2) is 7.95. The molecular weight excluding hydrogens is 256 g/mol. The Balaban J connectivity index is 2.06. The number of likely N-dealkylation sites (N-methyl/N-ethyl adjacent to an activating group) is 2. The van der Waals surface area contributed by atoms with Crippen LogP contribution in [-0.2, 0) is 0 Å². The van der Waals surface area contributed by atoms with Crippen molar-refractivity contribution in [2.75, 3.05) is 20.1 Å². The monoisotopic (exact) mass is 288 g/mol.